The second-order valence-corrected chi connectivity index (χ2v) is 15.1. The largest absolute Gasteiger partial charge is 0.379 e. The van der Waals surface area contributed by atoms with E-state index in [1.54, 1.807) is 31.7 Å². The van der Waals surface area contributed by atoms with E-state index in [-0.39, 0.29) is 33.5 Å². The zero-order chi connectivity index (χ0) is 35.8. The standard InChI is InChI=1S/C38H40B2N8O3/c1-23-19-45(38(40)21-51-22-38)10-11-46(23)27-6-7-32(42-18-27)43-29-14-26(20-44(5)35(29)49)28-8-9-41-34(33(28)24(2)39)48-13-12-47-30(36(48)50)15-25-16-37(3,4)17-31(25)47/h6-9,12-15,18,20,23H,2,10-11,16-17,19,21-22H2,1,3-5H3,(H,42,43)/t23-/m0/s1. The van der Waals surface area contributed by atoms with Crippen LogP contribution >= 0.6 is 0 Å². The number of aromatic nitrogens is 5. The van der Waals surface area contributed by atoms with E-state index in [0.29, 0.717) is 52.7 Å². The van der Waals surface area contributed by atoms with Crippen molar-refractivity contribution in [3.8, 4) is 16.9 Å². The Hall–Kier alpha value is -4.87. The molecule has 0 bridgehead atoms. The molecule has 2 saturated heterocycles. The first-order valence-electron chi connectivity index (χ1n) is 17.3. The summed E-state index contributed by atoms with van der Waals surface area (Å²) in [6, 6.07) is 9.72. The molecule has 5 aromatic heterocycles. The number of fused-ring (bicyclic) bond motifs is 3. The number of anilines is 3. The molecular weight excluding hydrogens is 638 g/mol. The highest BCUT2D eigenvalue weighted by Gasteiger charge is 2.41. The van der Waals surface area contributed by atoms with Crippen molar-refractivity contribution < 1.29 is 4.74 Å². The highest BCUT2D eigenvalue weighted by atomic mass is 16.5. The number of hydrogen-bond acceptors (Lipinski definition) is 8. The van der Waals surface area contributed by atoms with Crippen molar-refractivity contribution in [1.29, 1.82) is 0 Å². The van der Waals surface area contributed by atoms with Crippen LogP contribution < -0.4 is 21.3 Å². The van der Waals surface area contributed by atoms with E-state index in [0.717, 1.165) is 38.2 Å². The topological polar surface area (TPSA) is 102 Å². The molecule has 13 heteroatoms. The Balaban J connectivity index is 1.09. The molecule has 1 aliphatic carbocycles. The molecule has 0 saturated carbocycles. The van der Waals surface area contributed by atoms with Crippen LogP contribution in [-0.4, -0.2) is 88.4 Å². The third-order valence-electron chi connectivity index (χ3n) is 10.6. The summed E-state index contributed by atoms with van der Waals surface area (Å²) < 4.78 is 10.4. The summed E-state index contributed by atoms with van der Waals surface area (Å²) in [5.74, 6) is 0.903. The molecule has 5 aromatic rings. The van der Waals surface area contributed by atoms with Gasteiger partial charge in [0.15, 0.2) is 0 Å². The Morgan fingerprint density at radius 3 is 2.55 bits per heavy atom. The van der Waals surface area contributed by atoms with E-state index in [2.05, 4.69) is 52.4 Å². The maximum Gasteiger partial charge on any atom is 0.280 e. The van der Waals surface area contributed by atoms with Crippen LogP contribution in [0, 0.1) is 5.41 Å². The van der Waals surface area contributed by atoms with Crippen LogP contribution in [0.3, 0.4) is 0 Å². The number of rotatable bonds is 7. The first kappa shape index (κ1) is 33.3. The third-order valence-corrected chi connectivity index (χ3v) is 10.6. The molecule has 3 aliphatic rings. The number of nitrogens with one attached hydrogen (secondary N) is 1. The van der Waals surface area contributed by atoms with Crippen molar-refractivity contribution in [2.45, 2.75) is 45.1 Å². The third kappa shape index (κ3) is 5.72. The monoisotopic (exact) mass is 678 g/mol. The van der Waals surface area contributed by atoms with Crippen LogP contribution in [0.1, 0.15) is 37.6 Å². The normalized spacial score (nSPS) is 19.5. The number of pyridine rings is 3. The van der Waals surface area contributed by atoms with Gasteiger partial charge in [-0.1, -0.05) is 19.3 Å². The average Bonchev–Trinajstić information content (AvgIpc) is 3.58. The summed E-state index contributed by atoms with van der Waals surface area (Å²) in [4.78, 5) is 41.2. The Morgan fingerprint density at radius 1 is 1.06 bits per heavy atom. The van der Waals surface area contributed by atoms with E-state index in [1.165, 1.54) is 20.4 Å². The van der Waals surface area contributed by atoms with Gasteiger partial charge in [-0.15, -0.1) is 6.58 Å². The first-order valence-corrected chi connectivity index (χ1v) is 17.3. The molecule has 0 amide bonds. The van der Waals surface area contributed by atoms with Gasteiger partial charge in [-0.2, -0.15) is 0 Å². The molecule has 11 nitrogen and oxygen atoms in total. The highest BCUT2D eigenvalue weighted by Crippen LogP contribution is 2.38. The first-order chi connectivity index (χ1) is 24.3. The molecule has 8 rings (SSSR count). The SMILES string of the molecule is [B]C(=C)c1c(-c2cc(Nc3ccc(N4CCN(C5([B])COC5)C[C@@H]4C)cn3)c(=O)n(C)c2)ccnc1-n1ccn2c3c(cc2c1=O)CC(C)(C)C3. The minimum atomic E-state index is -0.365. The zero-order valence-corrected chi connectivity index (χ0v) is 29.5. The minimum absolute atomic E-state index is 0.166. The van der Waals surface area contributed by atoms with Gasteiger partial charge in [0.2, 0.25) is 0 Å². The number of aryl methyl sites for hydroxylation is 1. The number of piperazine rings is 1. The Labute approximate surface area is 299 Å². The summed E-state index contributed by atoms with van der Waals surface area (Å²) in [5.41, 5.74) is 5.83. The van der Waals surface area contributed by atoms with Gasteiger partial charge >= 0.3 is 0 Å². The molecule has 0 unspecified atom stereocenters. The fourth-order valence-electron chi connectivity index (χ4n) is 7.97. The van der Waals surface area contributed by atoms with Crippen LogP contribution in [0.25, 0.3) is 27.9 Å². The lowest BCUT2D eigenvalue weighted by Crippen LogP contribution is -2.68. The quantitative estimate of drug-likeness (QED) is 0.261. The number of nitrogens with zero attached hydrogens (tertiary/aromatic N) is 7. The second-order valence-electron chi connectivity index (χ2n) is 15.1. The zero-order valence-electron chi connectivity index (χ0n) is 29.5. The fourth-order valence-corrected chi connectivity index (χ4v) is 7.97. The van der Waals surface area contributed by atoms with E-state index in [4.69, 9.17) is 20.4 Å². The van der Waals surface area contributed by atoms with Gasteiger partial charge in [-0.3, -0.25) is 19.1 Å². The lowest BCUT2D eigenvalue weighted by Gasteiger charge is -2.53. The Morgan fingerprint density at radius 2 is 1.86 bits per heavy atom. The summed E-state index contributed by atoms with van der Waals surface area (Å²) in [6.45, 7) is 14.4. The van der Waals surface area contributed by atoms with Gasteiger partial charge in [0.25, 0.3) is 11.1 Å². The van der Waals surface area contributed by atoms with Crippen molar-refractivity contribution in [2.75, 3.05) is 43.1 Å². The van der Waals surface area contributed by atoms with Crippen molar-refractivity contribution in [1.82, 2.24) is 28.4 Å². The molecule has 1 N–H and O–H groups in total. The smallest absolute Gasteiger partial charge is 0.280 e. The van der Waals surface area contributed by atoms with Gasteiger partial charge in [0.05, 0.1) is 25.1 Å². The summed E-state index contributed by atoms with van der Waals surface area (Å²) in [6.07, 6.45) is 10.7. The molecule has 256 valence electrons. The van der Waals surface area contributed by atoms with E-state index in [1.807, 2.05) is 41.1 Å². The lowest BCUT2D eigenvalue weighted by atomic mass is 9.73. The number of hydrogen-bond donors (Lipinski definition) is 1. The summed E-state index contributed by atoms with van der Waals surface area (Å²) in [7, 11) is 14.6. The summed E-state index contributed by atoms with van der Waals surface area (Å²) in [5, 5.41) is 3.23. The molecule has 4 radical (unpaired) electrons. The highest BCUT2D eigenvalue weighted by molar-refractivity contribution is 6.43. The van der Waals surface area contributed by atoms with Gasteiger partial charge in [-0.05, 0) is 66.6 Å². The molecule has 51 heavy (non-hydrogen) atoms. The minimum Gasteiger partial charge on any atom is -0.379 e. The molecule has 7 heterocycles. The Bertz CT molecular complexity index is 2320. The van der Waals surface area contributed by atoms with Crippen molar-refractivity contribution in [3.63, 3.8) is 0 Å². The van der Waals surface area contributed by atoms with Crippen molar-refractivity contribution >= 4 is 43.9 Å². The lowest BCUT2D eigenvalue weighted by molar-refractivity contribution is -0.0963. The van der Waals surface area contributed by atoms with Gasteiger partial charge in [0, 0.05) is 79.8 Å². The van der Waals surface area contributed by atoms with Crippen LogP contribution in [0.4, 0.5) is 17.2 Å². The summed E-state index contributed by atoms with van der Waals surface area (Å²) >= 11 is 0. The molecule has 2 fully saturated rings. The second kappa shape index (κ2) is 12.1. The van der Waals surface area contributed by atoms with Crippen LogP contribution in [0.5, 0.6) is 0 Å². The number of ether oxygens (including phenoxy) is 1. The Kier molecular flexibility index (Phi) is 7.91. The van der Waals surface area contributed by atoms with E-state index in [9.17, 15) is 9.59 Å². The van der Waals surface area contributed by atoms with Crippen molar-refractivity contribution in [3.05, 3.63) is 105 Å². The maximum absolute atomic E-state index is 13.9. The molecular formula is C38H40B2N8O3. The predicted molar refractivity (Wildman–Crippen MR) is 203 cm³/mol. The van der Waals surface area contributed by atoms with Gasteiger partial charge in [-0.25, -0.2) is 9.97 Å². The average molecular weight is 678 g/mol. The fraction of sp³-hybridized carbons (Fsp3) is 0.368. The van der Waals surface area contributed by atoms with E-state index >= 15 is 0 Å². The molecule has 0 spiro atoms. The van der Waals surface area contributed by atoms with Crippen molar-refractivity contribution in [2.24, 2.45) is 12.5 Å². The van der Waals surface area contributed by atoms with Crippen LogP contribution in [0.15, 0.2) is 77.5 Å². The van der Waals surface area contributed by atoms with Gasteiger partial charge < -0.3 is 23.9 Å². The van der Waals surface area contributed by atoms with Gasteiger partial charge in [0.1, 0.15) is 38.5 Å². The predicted octanol–water partition coefficient (Wildman–Crippen LogP) is 3.66. The molecule has 0 aromatic carbocycles. The van der Waals surface area contributed by atoms with E-state index < -0.39 is 0 Å². The maximum atomic E-state index is 13.9. The van der Waals surface area contributed by atoms with Crippen LogP contribution in [-0.2, 0) is 24.6 Å². The molecule has 2 aliphatic heterocycles. The van der Waals surface area contributed by atoms with Crippen LogP contribution in [0.2, 0.25) is 0 Å². The molecule has 1 atom stereocenters.